The summed E-state index contributed by atoms with van der Waals surface area (Å²) in [5.74, 6) is 0.189. The standard InChI is InChI=1S/C25H32N2O4S/c1-3-4-5-6-7-11-14-24(21-12-9-8-10-13-21)25-20(2)19-26(25)32(30,31)23-17-15-22(16-18-23)27(28)29/h8-10,12-18,20,25H,3-7,11,19H2,1-2H3/b24-14+/t20-,25-/m1/s1. The maximum atomic E-state index is 13.4. The Balaban J connectivity index is 1.85. The van der Waals surface area contributed by atoms with E-state index in [1.807, 2.05) is 30.3 Å². The molecule has 0 aromatic heterocycles. The van der Waals surface area contributed by atoms with Crippen LogP contribution in [0.1, 0.15) is 57.9 Å². The maximum absolute atomic E-state index is 13.4. The van der Waals surface area contributed by atoms with Crippen LogP contribution in [-0.2, 0) is 10.0 Å². The van der Waals surface area contributed by atoms with Gasteiger partial charge >= 0.3 is 0 Å². The summed E-state index contributed by atoms with van der Waals surface area (Å²) in [4.78, 5) is 10.5. The van der Waals surface area contributed by atoms with Gasteiger partial charge in [-0.2, -0.15) is 4.31 Å². The summed E-state index contributed by atoms with van der Waals surface area (Å²) in [6.07, 6.45) is 9.08. The van der Waals surface area contributed by atoms with E-state index in [4.69, 9.17) is 0 Å². The van der Waals surface area contributed by atoms with Crippen LogP contribution >= 0.6 is 0 Å². The fourth-order valence-corrected chi connectivity index (χ4v) is 6.08. The quantitative estimate of drug-likeness (QED) is 0.234. The second-order valence-electron chi connectivity index (χ2n) is 8.48. The highest BCUT2D eigenvalue weighted by molar-refractivity contribution is 7.89. The third-order valence-electron chi connectivity index (χ3n) is 6.07. The molecule has 0 aliphatic carbocycles. The Kier molecular flexibility index (Phi) is 8.21. The highest BCUT2D eigenvalue weighted by Gasteiger charge is 2.46. The topological polar surface area (TPSA) is 80.5 Å². The molecular weight excluding hydrogens is 424 g/mol. The van der Waals surface area contributed by atoms with Crippen molar-refractivity contribution >= 4 is 21.3 Å². The molecule has 0 N–H and O–H groups in total. The summed E-state index contributed by atoms with van der Waals surface area (Å²) in [7, 11) is -3.75. The number of hydrogen-bond donors (Lipinski definition) is 0. The first kappa shape index (κ1) is 24.1. The van der Waals surface area contributed by atoms with Gasteiger partial charge in [0, 0.05) is 18.7 Å². The van der Waals surface area contributed by atoms with E-state index in [-0.39, 0.29) is 22.5 Å². The Bertz CT molecular complexity index is 1030. The number of sulfonamides is 1. The van der Waals surface area contributed by atoms with Gasteiger partial charge < -0.3 is 0 Å². The minimum Gasteiger partial charge on any atom is -0.258 e. The lowest BCUT2D eigenvalue weighted by Gasteiger charge is -2.46. The fraction of sp³-hybridized carbons (Fsp3) is 0.440. The smallest absolute Gasteiger partial charge is 0.258 e. The molecule has 0 amide bonds. The van der Waals surface area contributed by atoms with Gasteiger partial charge in [0.1, 0.15) is 0 Å². The fourth-order valence-electron chi connectivity index (χ4n) is 4.27. The van der Waals surface area contributed by atoms with E-state index >= 15 is 0 Å². The average Bonchev–Trinajstić information content (AvgIpc) is 2.79. The van der Waals surface area contributed by atoms with Crippen molar-refractivity contribution in [1.82, 2.24) is 4.31 Å². The lowest BCUT2D eigenvalue weighted by molar-refractivity contribution is -0.384. The first-order valence-corrected chi connectivity index (χ1v) is 12.8. The van der Waals surface area contributed by atoms with Gasteiger partial charge in [-0.15, -0.1) is 0 Å². The molecule has 7 heteroatoms. The molecule has 2 atom stereocenters. The summed E-state index contributed by atoms with van der Waals surface area (Å²) in [6, 6.07) is 14.9. The first-order valence-electron chi connectivity index (χ1n) is 11.4. The molecule has 1 fully saturated rings. The molecule has 1 saturated heterocycles. The van der Waals surface area contributed by atoms with Crippen LogP contribution in [0.3, 0.4) is 0 Å². The van der Waals surface area contributed by atoms with E-state index < -0.39 is 14.9 Å². The summed E-state index contributed by atoms with van der Waals surface area (Å²) in [6.45, 7) is 4.71. The minimum atomic E-state index is -3.75. The minimum absolute atomic E-state index is 0.0898. The molecule has 172 valence electrons. The highest BCUT2D eigenvalue weighted by atomic mass is 32.2. The summed E-state index contributed by atoms with van der Waals surface area (Å²) < 4.78 is 28.3. The molecule has 2 aromatic rings. The number of unbranched alkanes of at least 4 members (excludes halogenated alkanes) is 5. The van der Waals surface area contributed by atoms with Crippen LogP contribution < -0.4 is 0 Å². The Labute approximate surface area is 191 Å². The van der Waals surface area contributed by atoms with Gasteiger partial charge in [0.05, 0.1) is 15.9 Å². The van der Waals surface area contributed by atoms with Gasteiger partial charge in [0.2, 0.25) is 10.0 Å². The lowest BCUT2D eigenvalue weighted by Crippen LogP contribution is -2.57. The van der Waals surface area contributed by atoms with Crippen molar-refractivity contribution in [2.24, 2.45) is 5.92 Å². The van der Waals surface area contributed by atoms with Crippen LogP contribution in [-0.4, -0.2) is 30.2 Å². The zero-order valence-corrected chi connectivity index (χ0v) is 19.6. The lowest BCUT2D eigenvalue weighted by atomic mass is 9.83. The zero-order chi connectivity index (χ0) is 23.1. The molecule has 2 aromatic carbocycles. The van der Waals surface area contributed by atoms with Gasteiger partial charge in [-0.05, 0) is 42.0 Å². The largest absolute Gasteiger partial charge is 0.269 e. The van der Waals surface area contributed by atoms with E-state index in [1.54, 1.807) is 0 Å². The molecule has 1 heterocycles. The third-order valence-corrected chi connectivity index (χ3v) is 7.93. The highest BCUT2D eigenvalue weighted by Crippen LogP contribution is 2.40. The Morgan fingerprint density at radius 1 is 1.06 bits per heavy atom. The Morgan fingerprint density at radius 2 is 1.72 bits per heavy atom. The van der Waals surface area contributed by atoms with E-state index in [9.17, 15) is 18.5 Å². The molecular formula is C25H32N2O4S. The SMILES string of the molecule is CCCCCCC/C=C(\c1ccccc1)[C@H]1[C@H](C)CN1S(=O)(=O)c1ccc([N+](=O)[O-])cc1. The second-order valence-corrected chi connectivity index (χ2v) is 10.4. The first-order chi connectivity index (χ1) is 15.4. The van der Waals surface area contributed by atoms with Crippen molar-refractivity contribution in [1.29, 1.82) is 0 Å². The van der Waals surface area contributed by atoms with Crippen molar-refractivity contribution in [3.8, 4) is 0 Å². The number of allylic oxidation sites excluding steroid dienone is 1. The molecule has 0 spiro atoms. The number of nitro benzene ring substituents is 1. The third kappa shape index (κ3) is 5.45. The molecule has 6 nitrogen and oxygen atoms in total. The monoisotopic (exact) mass is 456 g/mol. The van der Waals surface area contributed by atoms with Crippen molar-refractivity contribution in [2.45, 2.75) is 63.3 Å². The molecule has 3 rings (SSSR count). The summed E-state index contributed by atoms with van der Waals surface area (Å²) in [5, 5.41) is 10.9. The second kappa shape index (κ2) is 10.9. The summed E-state index contributed by atoms with van der Waals surface area (Å²) in [5.41, 5.74) is 1.97. The van der Waals surface area contributed by atoms with Crippen molar-refractivity contribution in [2.75, 3.05) is 6.54 Å². The molecule has 0 saturated carbocycles. The Morgan fingerprint density at radius 3 is 2.31 bits per heavy atom. The molecule has 0 radical (unpaired) electrons. The number of non-ortho nitro benzene ring substituents is 1. The maximum Gasteiger partial charge on any atom is 0.269 e. The number of nitrogens with zero attached hydrogens (tertiary/aromatic N) is 2. The van der Waals surface area contributed by atoms with Crippen molar-refractivity contribution in [3.05, 3.63) is 76.4 Å². The van der Waals surface area contributed by atoms with Gasteiger partial charge in [-0.25, -0.2) is 8.42 Å². The number of benzene rings is 2. The average molecular weight is 457 g/mol. The van der Waals surface area contributed by atoms with Gasteiger partial charge in [-0.1, -0.05) is 75.9 Å². The van der Waals surface area contributed by atoms with Crippen molar-refractivity contribution in [3.63, 3.8) is 0 Å². The van der Waals surface area contributed by atoms with E-state index in [2.05, 4.69) is 19.9 Å². The zero-order valence-electron chi connectivity index (χ0n) is 18.8. The van der Waals surface area contributed by atoms with E-state index in [0.717, 1.165) is 24.0 Å². The molecule has 32 heavy (non-hydrogen) atoms. The van der Waals surface area contributed by atoms with Gasteiger partial charge in [-0.3, -0.25) is 10.1 Å². The van der Waals surface area contributed by atoms with Crippen LogP contribution in [0.15, 0.2) is 65.6 Å². The molecule has 0 bridgehead atoms. The molecule has 1 aliphatic heterocycles. The number of hydrogen-bond acceptors (Lipinski definition) is 4. The predicted molar refractivity (Wildman–Crippen MR) is 128 cm³/mol. The molecule has 0 unspecified atom stereocenters. The van der Waals surface area contributed by atoms with Crippen LogP contribution in [0.4, 0.5) is 5.69 Å². The van der Waals surface area contributed by atoms with Crippen LogP contribution in [0.25, 0.3) is 5.57 Å². The summed E-state index contributed by atoms with van der Waals surface area (Å²) >= 11 is 0. The van der Waals surface area contributed by atoms with Crippen molar-refractivity contribution < 1.29 is 13.3 Å². The van der Waals surface area contributed by atoms with Gasteiger partial charge in [0.25, 0.3) is 5.69 Å². The van der Waals surface area contributed by atoms with E-state index in [0.29, 0.717) is 6.54 Å². The number of nitro groups is 1. The van der Waals surface area contributed by atoms with Crippen LogP contribution in [0, 0.1) is 16.0 Å². The van der Waals surface area contributed by atoms with E-state index in [1.165, 1.54) is 54.3 Å². The van der Waals surface area contributed by atoms with Crippen LogP contribution in [0.5, 0.6) is 0 Å². The van der Waals surface area contributed by atoms with Crippen LogP contribution in [0.2, 0.25) is 0 Å². The molecule has 1 aliphatic rings. The predicted octanol–water partition coefficient (Wildman–Crippen LogP) is 6.05. The van der Waals surface area contributed by atoms with Gasteiger partial charge in [0.15, 0.2) is 0 Å². The normalized spacial score (nSPS) is 19.5. The number of rotatable bonds is 11. The Hall–Kier alpha value is -2.51.